The Morgan fingerprint density at radius 1 is 1.12 bits per heavy atom. The third kappa shape index (κ3) is 2.91. The molecule has 0 radical (unpaired) electrons. The molecule has 1 aliphatic rings. The Balaban J connectivity index is 1.88. The van der Waals surface area contributed by atoms with Crippen LogP contribution in [0, 0.1) is 0 Å². The van der Waals surface area contributed by atoms with Crippen LogP contribution < -0.4 is 10.2 Å². The van der Waals surface area contributed by atoms with E-state index in [0.717, 1.165) is 6.54 Å². The summed E-state index contributed by atoms with van der Waals surface area (Å²) >= 11 is 0. The molecule has 2 nitrogen and oxygen atoms in total. The molecule has 1 heterocycles. The highest BCUT2D eigenvalue weighted by Crippen LogP contribution is 2.21. The molecule has 16 heavy (non-hydrogen) atoms. The van der Waals surface area contributed by atoms with Gasteiger partial charge in [0.25, 0.3) is 0 Å². The van der Waals surface area contributed by atoms with Crippen molar-refractivity contribution in [2.45, 2.75) is 32.6 Å². The number of nitrogens with zero attached hydrogens (tertiary/aromatic N) is 1. The zero-order chi connectivity index (χ0) is 11.2. The summed E-state index contributed by atoms with van der Waals surface area (Å²) in [5.41, 5.74) is 2.62. The molecular formula is C14H22N2. The van der Waals surface area contributed by atoms with E-state index in [1.165, 1.54) is 50.1 Å². The molecule has 0 amide bonds. The molecule has 0 atom stereocenters. The third-order valence-electron chi connectivity index (χ3n) is 3.20. The fraction of sp³-hybridized carbons (Fsp3) is 0.571. The molecule has 1 aromatic rings. The van der Waals surface area contributed by atoms with Gasteiger partial charge in [-0.15, -0.1) is 0 Å². The van der Waals surface area contributed by atoms with Crippen LogP contribution in [0.15, 0.2) is 24.3 Å². The van der Waals surface area contributed by atoms with E-state index in [0.29, 0.717) is 0 Å². The quantitative estimate of drug-likeness (QED) is 0.761. The Morgan fingerprint density at radius 2 is 1.81 bits per heavy atom. The average Bonchev–Trinajstić information content (AvgIpc) is 2.84. The molecule has 0 aromatic heterocycles. The molecule has 2 heteroatoms. The molecule has 2 rings (SSSR count). The molecule has 1 saturated heterocycles. The summed E-state index contributed by atoms with van der Waals surface area (Å²) < 4.78 is 0. The van der Waals surface area contributed by atoms with Crippen LogP contribution in [0.1, 0.15) is 32.6 Å². The van der Waals surface area contributed by atoms with E-state index in [1.807, 2.05) is 0 Å². The summed E-state index contributed by atoms with van der Waals surface area (Å²) in [6, 6.07) is 8.87. The number of nitrogens with one attached hydrogen (secondary N) is 1. The van der Waals surface area contributed by atoms with Crippen LogP contribution in [0.2, 0.25) is 0 Å². The lowest BCUT2D eigenvalue weighted by molar-refractivity contribution is 0.834. The average molecular weight is 218 g/mol. The summed E-state index contributed by atoms with van der Waals surface area (Å²) in [5.74, 6) is 0. The number of hydrogen-bond acceptors (Lipinski definition) is 2. The maximum absolute atomic E-state index is 3.44. The van der Waals surface area contributed by atoms with Crippen LogP contribution in [0.5, 0.6) is 0 Å². The minimum atomic E-state index is 1.08. The second kappa shape index (κ2) is 5.78. The predicted octanol–water partition coefficient (Wildman–Crippen LogP) is 3.50. The normalized spacial score (nSPS) is 15.4. The predicted molar refractivity (Wildman–Crippen MR) is 71.3 cm³/mol. The SMILES string of the molecule is CCCCNc1ccc(N2CCCC2)cc1. The Bertz CT molecular complexity index is 299. The van der Waals surface area contributed by atoms with E-state index in [1.54, 1.807) is 0 Å². The largest absolute Gasteiger partial charge is 0.385 e. The fourth-order valence-electron chi connectivity index (χ4n) is 2.17. The molecule has 0 aliphatic carbocycles. The number of hydrogen-bond donors (Lipinski definition) is 1. The highest BCUT2D eigenvalue weighted by atomic mass is 15.1. The van der Waals surface area contributed by atoms with E-state index in [4.69, 9.17) is 0 Å². The van der Waals surface area contributed by atoms with Crippen molar-refractivity contribution in [1.29, 1.82) is 0 Å². The van der Waals surface area contributed by atoms with Gasteiger partial charge in [-0.1, -0.05) is 13.3 Å². The summed E-state index contributed by atoms with van der Waals surface area (Å²) in [6.07, 6.45) is 5.18. The summed E-state index contributed by atoms with van der Waals surface area (Å²) in [4.78, 5) is 2.47. The molecule has 88 valence electrons. The van der Waals surface area contributed by atoms with Crippen molar-refractivity contribution in [3.8, 4) is 0 Å². The topological polar surface area (TPSA) is 15.3 Å². The molecule has 0 bridgehead atoms. The van der Waals surface area contributed by atoms with Gasteiger partial charge in [-0.05, 0) is 43.5 Å². The van der Waals surface area contributed by atoms with Crippen molar-refractivity contribution < 1.29 is 0 Å². The van der Waals surface area contributed by atoms with Crippen molar-refractivity contribution in [3.05, 3.63) is 24.3 Å². The lowest BCUT2D eigenvalue weighted by Gasteiger charge is -2.17. The van der Waals surface area contributed by atoms with E-state index in [9.17, 15) is 0 Å². The van der Waals surface area contributed by atoms with E-state index in [2.05, 4.69) is 41.4 Å². The molecule has 1 aromatic carbocycles. The number of rotatable bonds is 5. The first-order valence-electron chi connectivity index (χ1n) is 6.49. The first-order valence-corrected chi connectivity index (χ1v) is 6.49. The second-order valence-corrected chi connectivity index (χ2v) is 4.52. The summed E-state index contributed by atoms with van der Waals surface area (Å²) in [5, 5.41) is 3.44. The van der Waals surface area contributed by atoms with Gasteiger partial charge in [0, 0.05) is 31.0 Å². The van der Waals surface area contributed by atoms with Gasteiger partial charge in [-0.3, -0.25) is 0 Å². The van der Waals surface area contributed by atoms with Gasteiger partial charge >= 0.3 is 0 Å². The maximum Gasteiger partial charge on any atom is 0.0367 e. The van der Waals surface area contributed by atoms with Crippen molar-refractivity contribution >= 4 is 11.4 Å². The Kier molecular flexibility index (Phi) is 4.09. The van der Waals surface area contributed by atoms with Gasteiger partial charge in [0.05, 0.1) is 0 Å². The van der Waals surface area contributed by atoms with Crippen molar-refractivity contribution in [2.75, 3.05) is 29.9 Å². The maximum atomic E-state index is 3.44. The molecule has 1 fully saturated rings. The van der Waals surface area contributed by atoms with Crippen molar-refractivity contribution in [2.24, 2.45) is 0 Å². The summed E-state index contributed by atoms with van der Waals surface area (Å²) in [7, 11) is 0. The monoisotopic (exact) mass is 218 g/mol. The molecule has 0 unspecified atom stereocenters. The summed E-state index contributed by atoms with van der Waals surface area (Å²) in [6.45, 7) is 5.75. The van der Waals surface area contributed by atoms with Gasteiger partial charge in [-0.25, -0.2) is 0 Å². The first-order chi connectivity index (χ1) is 7.90. The smallest absolute Gasteiger partial charge is 0.0367 e. The number of unbranched alkanes of at least 4 members (excludes halogenated alkanes) is 1. The van der Waals surface area contributed by atoms with Gasteiger partial charge in [0.15, 0.2) is 0 Å². The Hall–Kier alpha value is -1.18. The van der Waals surface area contributed by atoms with Crippen molar-refractivity contribution in [1.82, 2.24) is 0 Å². The minimum absolute atomic E-state index is 1.08. The van der Waals surface area contributed by atoms with Crippen LogP contribution >= 0.6 is 0 Å². The van der Waals surface area contributed by atoms with Gasteiger partial charge < -0.3 is 10.2 Å². The van der Waals surface area contributed by atoms with Crippen molar-refractivity contribution in [3.63, 3.8) is 0 Å². The van der Waals surface area contributed by atoms with Crippen LogP contribution in [-0.2, 0) is 0 Å². The zero-order valence-electron chi connectivity index (χ0n) is 10.2. The van der Waals surface area contributed by atoms with Gasteiger partial charge in [-0.2, -0.15) is 0 Å². The molecular weight excluding hydrogens is 196 g/mol. The van der Waals surface area contributed by atoms with Gasteiger partial charge in [0.2, 0.25) is 0 Å². The molecule has 1 N–H and O–H groups in total. The van der Waals surface area contributed by atoms with E-state index in [-0.39, 0.29) is 0 Å². The second-order valence-electron chi connectivity index (χ2n) is 4.52. The lowest BCUT2D eigenvalue weighted by Crippen LogP contribution is -2.17. The molecule has 0 spiro atoms. The Labute approximate surface area is 98.7 Å². The number of benzene rings is 1. The van der Waals surface area contributed by atoms with E-state index >= 15 is 0 Å². The molecule has 1 aliphatic heterocycles. The highest BCUT2D eigenvalue weighted by molar-refractivity contribution is 5.55. The van der Waals surface area contributed by atoms with Crippen LogP contribution in [0.3, 0.4) is 0 Å². The first kappa shape index (κ1) is 11.3. The van der Waals surface area contributed by atoms with Crippen LogP contribution in [-0.4, -0.2) is 19.6 Å². The van der Waals surface area contributed by atoms with Crippen LogP contribution in [0.4, 0.5) is 11.4 Å². The van der Waals surface area contributed by atoms with E-state index < -0.39 is 0 Å². The standard InChI is InChI=1S/C14H22N2/c1-2-3-10-15-13-6-8-14(9-7-13)16-11-4-5-12-16/h6-9,15H,2-5,10-12H2,1H3. The van der Waals surface area contributed by atoms with Crippen LogP contribution in [0.25, 0.3) is 0 Å². The van der Waals surface area contributed by atoms with Gasteiger partial charge in [0.1, 0.15) is 0 Å². The number of anilines is 2. The Morgan fingerprint density at radius 3 is 2.44 bits per heavy atom. The minimum Gasteiger partial charge on any atom is -0.385 e. The zero-order valence-corrected chi connectivity index (χ0v) is 10.2. The lowest BCUT2D eigenvalue weighted by atomic mass is 10.2. The molecule has 0 saturated carbocycles. The highest BCUT2D eigenvalue weighted by Gasteiger charge is 2.11. The fourth-order valence-corrected chi connectivity index (χ4v) is 2.17. The third-order valence-corrected chi connectivity index (χ3v) is 3.20.